The number of rotatable bonds is 5. The van der Waals surface area contributed by atoms with Crippen molar-refractivity contribution in [2.75, 3.05) is 0 Å². The Morgan fingerprint density at radius 2 is 1.81 bits per heavy atom. The summed E-state index contributed by atoms with van der Waals surface area (Å²) in [7, 11) is 0. The molecule has 0 aromatic heterocycles. The first kappa shape index (κ1) is 17.9. The third-order valence-electron chi connectivity index (χ3n) is 2.73. The van der Waals surface area contributed by atoms with Crippen LogP contribution in [0, 0.1) is 3.57 Å². The Balaban J connectivity index is 3.07. The summed E-state index contributed by atoms with van der Waals surface area (Å²) in [5.74, 6) is -2.34. The van der Waals surface area contributed by atoms with Crippen LogP contribution in [0.2, 0.25) is 0 Å². The number of halogens is 1. The molecule has 0 saturated heterocycles. The highest BCUT2D eigenvalue weighted by molar-refractivity contribution is 14.1. The molecule has 1 aromatic rings. The van der Waals surface area contributed by atoms with Gasteiger partial charge in [0.05, 0.1) is 12.3 Å². The molecule has 3 N–H and O–H groups in total. The van der Waals surface area contributed by atoms with Crippen LogP contribution in [-0.4, -0.2) is 28.7 Å². The minimum atomic E-state index is -1.04. The van der Waals surface area contributed by atoms with Crippen molar-refractivity contribution in [1.29, 1.82) is 0 Å². The maximum absolute atomic E-state index is 12.4. The standard InChI is InChI=1S/C15H20INO4/c1-15(2,3)21-14(20)13(11(17)8-12(18)19)9-4-6-10(16)7-5-9/h4-7,11,13H,8,17H2,1-3H3,(H,18,19)/t11-,13+/m0/s1. The summed E-state index contributed by atoms with van der Waals surface area (Å²) >= 11 is 2.16. The average molecular weight is 405 g/mol. The SMILES string of the molecule is CC(C)(C)OC(=O)[C@H](c1ccc(I)cc1)[C@@H](N)CC(=O)O. The molecule has 0 heterocycles. The average Bonchev–Trinajstić information content (AvgIpc) is 2.28. The van der Waals surface area contributed by atoms with E-state index in [-0.39, 0.29) is 6.42 Å². The number of hydrogen-bond acceptors (Lipinski definition) is 4. The number of carbonyl (C=O) groups is 2. The third-order valence-corrected chi connectivity index (χ3v) is 3.45. The lowest BCUT2D eigenvalue weighted by molar-refractivity contribution is -0.157. The fraction of sp³-hybridized carbons (Fsp3) is 0.467. The molecule has 0 unspecified atom stereocenters. The molecule has 0 fully saturated rings. The molecule has 0 bridgehead atoms. The number of carboxylic acids is 1. The Morgan fingerprint density at radius 1 is 1.29 bits per heavy atom. The molecule has 6 heteroatoms. The van der Waals surface area contributed by atoms with E-state index in [4.69, 9.17) is 15.6 Å². The van der Waals surface area contributed by atoms with Gasteiger partial charge in [-0.2, -0.15) is 0 Å². The molecule has 0 amide bonds. The quantitative estimate of drug-likeness (QED) is 0.581. The second-order valence-corrected chi connectivity index (χ2v) is 7.07. The number of nitrogens with two attached hydrogens (primary N) is 1. The molecule has 5 nitrogen and oxygen atoms in total. The first-order valence-corrected chi connectivity index (χ1v) is 7.64. The minimum Gasteiger partial charge on any atom is -0.481 e. The Hall–Kier alpha value is -1.15. The van der Waals surface area contributed by atoms with Crippen molar-refractivity contribution in [3.05, 3.63) is 33.4 Å². The van der Waals surface area contributed by atoms with Gasteiger partial charge in [-0.1, -0.05) is 12.1 Å². The van der Waals surface area contributed by atoms with Gasteiger partial charge in [0.15, 0.2) is 0 Å². The zero-order valence-corrected chi connectivity index (χ0v) is 14.5. The van der Waals surface area contributed by atoms with Crippen molar-refractivity contribution >= 4 is 34.5 Å². The minimum absolute atomic E-state index is 0.296. The summed E-state index contributed by atoms with van der Waals surface area (Å²) in [6.07, 6.45) is -0.296. The van der Waals surface area contributed by atoms with E-state index >= 15 is 0 Å². The Morgan fingerprint density at radius 3 is 2.24 bits per heavy atom. The fourth-order valence-corrected chi connectivity index (χ4v) is 2.27. The summed E-state index contributed by atoms with van der Waals surface area (Å²) < 4.78 is 6.39. The van der Waals surface area contributed by atoms with Gasteiger partial charge in [-0.15, -0.1) is 0 Å². The summed E-state index contributed by atoms with van der Waals surface area (Å²) in [4.78, 5) is 23.2. The number of ether oxygens (including phenoxy) is 1. The van der Waals surface area contributed by atoms with Gasteiger partial charge in [0.25, 0.3) is 0 Å². The largest absolute Gasteiger partial charge is 0.481 e. The maximum atomic E-state index is 12.4. The molecule has 1 aromatic carbocycles. The van der Waals surface area contributed by atoms with Crippen LogP contribution in [0.5, 0.6) is 0 Å². The summed E-state index contributed by atoms with van der Waals surface area (Å²) in [5.41, 5.74) is 5.94. The van der Waals surface area contributed by atoms with E-state index < -0.39 is 29.5 Å². The van der Waals surface area contributed by atoms with Crippen LogP contribution < -0.4 is 5.73 Å². The number of carboxylic acid groups (broad SMARTS) is 1. The smallest absolute Gasteiger partial charge is 0.315 e. The van der Waals surface area contributed by atoms with Crippen molar-refractivity contribution in [2.45, 2.75) is 44.8 Å². The van der Waals surface area contributed by atoms with Crippen LogP contribution in [0.15, 0.2) is 24.3 Å². The van der Waals surface area contributed by atoms with Crippen LogP contribution in [-0.2, 0) is 14.3 Å². The zero-order valence-electron chi connectivity index (χ0n) is 12.3. The van der Waals surface area contributed by atoms with E-state index in [1.54, 1.807) is 32.9 Å². The Labute approximate surface area is 138 Å². The van der Waals surface area contributed by atoms with Gasteiger partial charge in [-0.3, -0.25) is 9.59 Å². The number of aliphatic carboxylic acids is 1. The monoisotopic (exact) mass is 405 g/mol. The van der Waals surface area contributed by atoms with Crippen molar-refractivity contribution in [2.24, 2.45) is 5.73 Å². The predicted molar refractivity (Wildman–Crippen MR) is 88.0 cm³/mol. The maximum Gasteiger partial charge on any atom is 0.315 e. The molecular weight excluding hydrogens is 385 g/mol. The third kappa shape index (κ3) is 6.01. The normalized spacial score (nSPS) is 14.3. The second kappa shape index (κ2) is 7.22. The second-order valence-electron chi connectivity index (χ2n) is 5.82. The lowest BCUT2D eigenvalue weighted by Crippen LogP contribution is -2.39. The van der Waals surface area contributed by atoms with Gasteiger partial charge in [0.2, 0.25) is 0 Å². The molecule has 0 spiro atoms. The van der Waals surface area contributed by atoms with Gasteiger partial charge in [-0.25, -0.2) is 0 Å². The van der Waals surface area contributed by atoms with Crippen LogP contribution in [0.1, 0.15) is 38.7 Å². The van der Waals surface area contributed by atoms with Gasteiger partial charge in [0, 0.05) is 9.61 Å². The summed E-state index contributed by atoms with van der Waals surface area (Å²) in [6.45, 7) is 5.29. The van der Waals surface area contributed by atoms with Gasteiger partial charge in [0.1, 0.15) is 5.60 Å². The van der Waals surface area contributed by atoms with Crippen LogP contribution in [0.25, 0.3) is 0 Å². The van der Waals surface area contributed by atoms with E-state index in [1.807, 2.05) is 12.1 Å². The topological polar surface area (TPSA) is 89.6 Å². The summed E-state index contributed by atoms with van der Waals surface area (Å²) in [6, 6.07) is 6.41. The van der Waals surface area contributed by atoms with Crippen molar-refractivity contribution < 1.29 is 19.4 Å². The van der Waals surface area contributed by atoms with Crippen molar-refractivity contribution in [1.82, 2.24) is 0 Å². The lowest BCUT2D eigenvalue weighted by atomic mass is 9.90. The van der Waals surface area contributed by atoms with Gasteiger partial charge < -0.3 is 15.6 Å². The van der Waals surface area contributed by atoms with Gasteiger partial charge in [-0.05, 0) is 61.1 Å². The summed E-state index contributed by atoms with van der Waals surface area (Å²) in [5, 5.41) is 8.90. The Kier molecular flexibility index (Phi) is 6.15. The van der Waals surface area contributed by atoms with E-state index in [1.165, 1.54) is 0 Å². The first-order valence-electron chi connectivity index (χ1n) is 6.56. The molecule has 1 rings (SSSR count). The van der Waals surface area contributed by atoms with Crippen LogP contribution in [0.3, 0.4) is 0 Å². The molecule has 21 heavy (non-hydrogen) atoms. The predicted octanol–water partition coefficient (Wildman–Crippen LogP) is 2.52. The van der Waals surface area contributed by atoms with E-state index in [2.05, 4.69) is 22.6 Å². The number of benzene rings is 1. The number of hydrogen-bond donors (Lipinski definition) is 2. The van der Waals surface area contributed by atoms with Crippen molar-refractivity contribution in [3.8, 4) is 0 Å². The van der Waals surface area contributed by atoms with E-state index in [0.29, 0.717) is 5.56 Å². The van der Waals surface area contributed by atoms with Crippen molar-refractivity contribution in [3.63, 3.8) is 0 Å². The van der Waals surface area contributed by atoms with Crippen LogP contribution in [0.4, 0.5) is 0 Å². The lowest BCUT2D eigenvalue weighted by Gasteiger charge is -2.27. The highest BCUT2D eigenvalue weighted by Crippen LogP contribution is 2.25. The highest BCUT2D eigenvalue weighted by Gasteiger charge is 2.32. The molecule has 2 atom stereocenters. The van der Waals surface area contributed by atoms with Crippen LogP contribution >= 0.6 is 22.6 Å². The van der Waals surface area contributed by atoms with Gasteiger partial charge >= 0.3 is 11.9 Å². The molecule has 0 aliphatic rings. The molecule has 0 radical (unpaired) electrons. The van der Waals surface area contributed by atoms with E-state index in [9.17, 15) is 9.59 Å². The number of esters is 1. The Bertz CT molecular complexity index is 507. The fourth-order valence-electron chi connectivity index (χ4n) is 1.91. The molecular formula is C15H20INO4. The first-order chi connectivity index (χ1) is 9.60. The molecule has 116 valence electrons. The van der Waals surface area contributed by atoms with E-state index in [0.717, 1.165) is 3.57 Å². The zero-order chi connectivity index (χ0) is 16.2. The highest BCUT2D eigenvalue weighted by atomic mass is 127. The molecule has 0 saturated carbocycles. The molecule has 0 aliphatic carbocycles. The number of carbonyl (C=O) groups excluding carboxylic acids is 1. The molecule has 0 aliphatic heterocycles.